The van der Waals surface area contributed by atoms with Crippen molar-refractivity contribution in [1.82, 2.24) is 0 Å². The van der Waals surface area contributed by atoms with Crippen LogP contribution in [0.4, 0.5) is 0 Å². The SMILES string of the molecule is CC(c1ccc(Br)cc1)c1ccc2ccccc2c1O. The summed E-state index contributed by atoms with van der Waals surface area (Å²) in [6, 6.07) is 20.2. The number of rotatable bonds is 2. The van der Waals surface area contributed by atoms with Crippen molar-refractivity contribution in [1.29, 1.82) is 0 Å². The van der Waals surface area contributed by atoms with Gasteiger partial charge in [0, 0.05) is 21.3 Å². The molecule has 100 valence electrons. The van der Waals surface area contributed by atoms with Crippen LogP contribution >= 0.6 is 15.9 Å². The Kier molecular flexibility index (Phi) is 3.49. The van der Waals surface area contributed by atoms with Crippen LogP contribution in [-0.4, -0.2) is 5.11 Å². The van der Waals surface area contributed by atoms with Gasteiger partial charge in [0.15, 0.2) is 0 Å². The monoisotopic (exact) mass is 326 g/mol. The Bertz CT molecular complexity index is 747. The fraction of sp³-hybridized carbons (Fsp3) is 0.111. The second-order valence-electron chi connectivity index (χ2n) is 5.00. The Hall–Kier alpha value is -1.80. The quantitative estimate of drug-likeness (QED) is 0.663. The van der Waals surface area contributed by atoms with Crippen molar-refractivity contribution in [3.8, 4) is 5.75 Å². The zero-order valence-electron chi connectivity index (χ0n) is 11.2. The van der Waals surface area contributed by atoms with Crippen LogP contribution in [0.25, 0.3) is 10.8 Å². The molecular formula is C18H15BrO. The van der Waals surface area contributed by atoms with Crippen molar-refractivity contribution < 1.29 is 5.11 Å². The minimum Gasteiger partial charge on any atom is -0.507 e. The zero-order valence-corrected chi connectivity index (χ0v) is 12.8. The fourth-order valence-electron chi connectivity index (χ4n) is 2.55. The van der Waals surface area contributed by atoms with Gasteiger partial charge in [-0.3, -0.25) is 0 Å². The molecule has 0 aliphatic carbocycles. The van der Waals surface area contributed by atoms with Crippen LogP contribution in [0.3, 0.4) is 0 Å². The van der Waals surface area contributed by atoms with Crippen LogP contribution in [-0.2, 0) is 0 Å². The van der Waals surface area contributed by atoms with Gasteiger partial charge in [-0.05, 0) is 23.1 Å². The van der Waals surface area contributed by atoms with Crippen LogP contribution in [0.1, 0.15) is 24.0 Å². The van der Waals surface area contributed by atoms with E-state index in [9.17, 15) is 5.11 Å². The molecule has 0 aliphatic rings. The van der Waals surface area contributed by atoms with Gasteiger partial charge in [0.05, 0.1) is 0 Å². The number of hydrogen-bond acceptors (Lipinski definition) is 1. The number of hydrogen-bond donors (Lipinski definition) is 1. The van der Waals surface area contributed by atoms with Crippen LogP contribution < -0.4 is 0 Å². The van der Waals surface area contributed by atoms with Gasteiger partial charge in [-0.2, -0.15) is 0 Å². The third-order valence-corrected chi connectivity index (χ3v) is 4.30. The van der Waals surface area contributed by atoms with Crippen molar-refractivity contribution in [2.24, 2.45) is 0 Å². The topological polar surface area (TPSA) is 20.2 Å². The number of halogens is 1. The predicted octanol–water partition coefficient (Wildman–Crippen LogP) is 5.46. The molecule has 0 heterocycles. The zero-order chi connectivity index (χ0) is 14.1. The first-order chi connectivity index (χ1) is 9.66. The Morgan fingerprint density at radius 3 is 2.35 bits per heavy atom. The molecule has 0 bridgehead atoms. The van der Waals surface area contributed by atoms with E-state index >= 15 is 0 Å². The first kappa shape index (κ1) is 13.2. The summed E-state index contributed by atoms with van der Waals surface area (Å²) in [4.78, 5) is 0. The number of phenols is 1. The van der Waals surface area contributed by atoms with Crippen molar-refractivity contribution >= 4 is 26.7 Å². The smallest absolute Gasteiger partial charge is 0.127 e. The van der Waals surface area contributed by atoms with Gasteiger partial charge in [0.1, 0.15) is 5.75 Å². The maximum absolute atomic E-state index is 10.5. The van der Waals surface area contributed by atoms with E-state index in [1.165, 1.54) is 5.56 Å². The second kappa shape index (κ2) is 5.29. The standard InChI is InChI=1S/C18H15BrO/c1-12(13-6-9-15(19)10-7-13)16-11-8-14-4-2-3-5-17(14)18(16)20/h2-12,20H,1H3. The van der Waals surface area contributed by atoms with Gasteiger partial charge < -0.3 is 5.11 Å². The molecule has 1 nitrogen and oxygen atoms in total. The van der Waals surface area contributed by atoms with Crippen molar-refractivity contribution in [2.75, 3.05) is 0 Å². The third-order valence-electron chi connectivity index (χ3n) is 3.77. The van der Waals surface area contributed by atoms with Gasteiger partial charge >= 0.3 is 0 Å². The van der Waals surface area contributed by atoms with E-state index < -0.39 is 0 Å². The Labute approximate surface area is 127 Å². The molecule has 1 unspecified atom stereocenters. The number of benzene rings is 3. The first-order valence-electron chi connectivity index (χ1n) is 6.63. The van der Waals surface area contributed by atoms with E-state index in [4.69, 9.17) is 0 Å². The van der Waals surface area contributed by atoms with Gasteiger partial charge in [0.2, 0.25) is 0 Å². The molecule has 1 N–H and O–H groups in total. The number of aromatic hydroxyl groups is 1. The summed E-state index contributed by atoms with van der Waals surface area (Å²) in [5, 5.41) is 12.5. The molecular weight excluding hydrogens is 312 g/mol. The molecule has 3 rings (SSSR count). The lowest BCUT2D eigenvalue weighted by molar-refractivity contribution is 0.472. The predicted molar refractivity (Wildman–Crippen MR) is 87.3 cm³/mol. The van der Waals surface area contributed by atoms with Crippen molar-refractivity contribution in [3.05, 3.63) is 76.3 Å². The van der Waals surface area contributed by atoms with Crippen molar-refractivity contribution in [3.63, 3.8) is 0 Å². The molecule has 2 heteroatoms. The Morgan fingerprint density at radius 2 is 1.60 bits per heavy atom. The average Bonchev–Trinajstić information content (AvgIpc) is 2.48. The Balaban J connectivity index is 2.09. The summed E-state index contributed by atoms with van der Waals surface area (Å²) in [6.07, 6.45) is 0. The van der Waals surface area contributed by atoms with Gasteiger partial charge in [-0.1, -0.05) is 71.4 Å². The van der Waals surface area contributed by atoms with Gasteiger partial charge in [-0.15, -0.1) is 0 Å². The van der Waals surface area contributed by atoms with Gasteiger partial charge in [-0.25, -0.2) is 0 Å². The molecule has 3 aromatic carbocycles. The summed E-state index contributed by atoms with van der Waals surface area (Å²) >= 11 is 3.45. The minimum atomic E-state index is 0.160. The molecule has 20 heavy (non-hydrogen) atoms. The number of fused-ring (bicyclic) bond motifs is 1. The second-order valence-corrected chi connectivity index (χ2v) is 5.91. The lowest BCUT2D eigenvalue weighted by Gasteiger charge is -2.15. The molecule has 0 fully saturated rings. The summed E-state index contributed by atoms with van der Waals surface area (Å²) in [6.45, 7) is 2.12. The van der Waals surface area contributed by atoms with E-state index in [0.717, 1.165) is 20.8 Å². The largest absolute Gasteiger partial charge is 0.507 e. The van der Waals surface area contributed by atoms with E-state index in [1.807, 2.05) is 42.5 Å². The van der Waals surface area contributed by atoms with Crippen LogP contribution in [0.15, 0.2) is 65.1 Å². The van der Waals surface area contributed by atoms with E-state index in [0.29, 0.717) is 5.75 Å². The minimum absolute atomic E-state index is 0.160. The average molecular weight is 327 g/mol. The lowest BCUT2D eigenvalue weighted by atomic mass is 9.90. The molecule has 0 saturated carbocycles. The third kappa shape index (κ3) is 2.32. The highest BCUT2D eigenvalue weighted by atomic mass is 79.9. The maximum Gasteiger partial charge on any atom is 0.127 e. The Morgan fingerprint density at radius 1 is 0.900 bits per heavy atom. The summed E-state index contributed by atoms with van der Waals surface area (Å²) < 4.78 is 1.07. The molecule has 0 spiro atoms. The summed E-state index contributed by atoms with van der Waals surface area (Å²) in [5.74, 6) is 0.547. The molecule has 0 aromatic heterocycles. The molecule has 0 radical (unpaired) electrons. The summed E-state index contributed by atoms with van der Waals surface area (Å²) in [5.41, 5.74) is 2.16. The van der Waals surface area contributed by atoms with Crippen LogP contribution in [0.2, 0.25) is 0 Å². The van der Waals surface area contributed by atoms with E-state index in [2.05, 4.69) is 41.1 Å². The van der Waals surface area contributed by atoms with E-state index in [1.54, 1.807) is 0 Å². The van der Waals surface area contributed by atoms with Crippen LogP contribution in [0.5, 0.6) is 5.75 Å². The molecule has 0 aliphatic heterocycles. The first-order valence-corrected chi connectivity index (χ1v) is 7.42. The highest BCUT2D eigenvalue weighted by Crippen LogP contribution is 2.36. The van der Waals surface area contributed by atoms with Crippen LogP contribution in [0, 0.1) is 0 Å². The highest BCUT2D eigenvalue weighted by molar-refractivity contribution is 9.10. The maximum atomic E-state index is 10.5. The fourth-order valence-corrected chi connectivity index (χ4v) is 2.82. The molecule has 1 atom stereocenters. The van der Waals surface area contributed by atoms with Crippen molar-refractivity contribution in [2.45, 2.75) is 12.8 Å². The number of phenolic OH excluding ortho intramolecular Hbond substituents is 1. The lowest BCUT2D eigenvalue weighted by Crippen LogP contribution is -1.96. The normalized spacial score (nSPS) is 12.5. The molecule has 3 aromatic rings. The highest BCUT2D eigenvalue weighted by Gasteiger charge is 2.14. The van der Waals surface area contributed by atoms with Gasteiger partial charge in [0.25, 0.3) is 0 Å². The molecule has 0 saturated heterocycles. The summed E-state index contributed by atoms with van der Waals surface area (Å²) in [7, 11) is 0. The van der Waals surface area contributed by atoms with E-state index in [-0.39, 0.29) is 5.92 Å². The molecule has 0 amide bonds.